The van der Waals surface area contributed by atoms with Crippen LogP contribution in [0, 0.1) is 0 Å². The van der Waals surface area contributed by atoms with E-state index in [-0.39, 0.29) is 0 Å². The first-order chi connectivity index (χ1) is 11.0. The van der Waals surface area contributed by atoms with Crippen molar-refractivity contribution >= 4 is 17.3 Å². The van der Waals surface area contributed by atoms with E-state index >= 15 is 0 Å². The van der Waals surface area contributed by atoms with Gasteiger partial charge in [0.05, 0.1) is 0 Å². The third kappa shape index (κ3) is 8.53. The van der Waals surface area contributed by atoms with Crippen molar-refractivity contribution in [1.82, 2.24) is 0 Å². The summed E-state index contributed by atoms with van der Waals surface area (Å²) in [6.07, 6.45) is 7.87. The minimum absolute atomic E-state index is 0.323. The molecule has 0 unspecified atom stereocenters. The molecule has 3 nitrogen and oxygen atoms in total. The number of ketones is 2. The molecule has 128 valence electrons. The number of Topliss-reactive ketones (excluding diaryl/α,β-unsaturated/α-hetero) is 2. The summed E-state index contributed by atoms with van der Waals surface area (Å²) in [5.41, 5.74) is 2.25. The molecule has 0 bridgehead atoms. The fourth-order valence-electron chi connectivity index (χ4n) is 2.58. The van der Waals surface area contributed by atoms with Crippen LogP contribution in [-0.4, -0.2) is 25.7 Å². The molecular weight excluding hydrogens is 286 g/mol. The molecule has 0 fully saturated rings. The van der Waals surface area contributed by atoms with Crippen molar-refractivity contribution in [1.29, 1.82) is 0 Å². The summed E-state index contributed by atoms with van der Waals surface area (Å²) in [5, 5.41) is 0. The molecule has 0 N–H and O–H groups in total. The molecule has 1 aromatic carbocycles. The third-order valence-corrected chi connectivity index (χ3v) is 4.16. The number of hydrogen-bond donors (Lipinski definition) is 0. The highest BCUT2D eigenvalue weighted by Gasteiger charge is 2.05. The Morgan fingerprint density at radius 3 is 1.87 bits per heavy atom. The lowest BCUT2D eigenvalue weighted by atomic mass is 10.0. The first kappa shape index (κ1) is 19.4. The summed E-state index contributed by atoms with van der Waals surface area (Å²) in [6, 6.07) is 8.19. The molecule has 0 aliphatic carbocycles. The highest BCUT2D eigenvalue weighted by molar-refractivity contribution is 5.81. The number of benzene rings is 1. The average Bonchev–Trinajstić information content (AvgIpc) is 2.54. The molecule has 0 saturated heterocycles. The summed E-state index contributed by atoms with van der Waals surface area (Å²) < 4.78 is 0. The second-order valence-electron chi connectivity index (χ2n) is 6.44. The number of unbranched alkanes of at least 4 members (excludes halogenated alkanes) is 4. The Morgan fingerprint density at radius 1 is 0.826 bits per heavy atom. The van der Waals surface area contributed by atoms with Crippen molar-refractivity contribution in [3.05, 3.63) is 29.8 Å². The Bertz CT molecular complexity index is 477. The number of hydrogen-bond acceptors (Lipinski definition) is 3. The van der Waals surface area contributed by atoms with Gasteiger partial charge >= 0.3 is 0 Å². The fourth-order valence-corrected chi connectivity index (χ4v) is 2.58. The Labute approximate surface area is 141 Å². The van der Waals surface area contributed by atoms with Crippen LogP contribution in [0.15, 0.2) is 24.3 Å². The van der Waals surface area contributed by atoms with Crippen LogP contribution in [0.3, 0.4) is 0 Å². The van der Waals surface area contributed by atoms with E-state index in [2.05, 4.69) is 17.0 Å². The first-order valence-electron chi connectivity index (χ1n) is 8.82. The molecule has 3 heteroatoms. The van der Waals surface area contributed by atoms with Gasteiger partial charge < -0.3 is 4.90 Å². The SMILES string of the molecule is CCC(=O)CCCCCCCC(=O)Cc1ccc(N(C)C)cc1. The van der Waals surface area contributed by atoms with Gasteiger partial charge in [-0.05, 0) is 30.5 Å². The van der Waals surface area contributed by atoms with Crippen LogP contribution in [-0.2, 0) is 16.0 Å². The van der Waals surface area contributed by atoms with Crippen LogP contribution in [0.25, 0.3) is 0 Å². The molecule has 0 aromatic heterocycles. The Hall–Kier alpha value is -1.64. The largest absolute Gasteiger partial charge is 0.378 e. The van der Waals surface area contributed by atoms with Crippen molar-refractivity contribution in [2.75, 3.05) is 19.0 Å². The van der Waals surface area contributed by atoms with Gasteiger partial charge in [-0.3, -0.25) is 9.59 Å². The molecular formula is C20H31NO2. The molecule has 0 atom stereocenters. The van der Waals surface area contributed by atoms with E-state index in [1.54, 1.807) is 0 Å². The third-order valence-electron chi connectivity index (χ3n) is 4.16. The van der Waals surface area contributed by atoms with Gasteiger partial charge in [0.25, 0.3) is 0 Å². The fraction of sp³-hybridized carbons (Fsp3) is 0.600. The summed E-state index contributed by atoms with van der Waals surface area (Å²) in [7, 11) is 4.02. The standard InChI is InChI=1S/C20H31NO2/c1-4-19(22)10-8-6-5-7-9-11-20(23)16-17-12-14-18(15-13-17)21(2)3/h12-15H,4-11,16H2,1-3H3. The van der Waals surface area contributed by atoms with E-state index in [1.807, 2.05) is 33.2 Å². The van der Waals surface area contributed by atoms with Crippen molar-refractivity contribution in [2.45, 2.75) is 64.7 Å². The van der Waals surface area contributed by atoms with E-state index in [0.29, 0.717) is 30.8 Å². The molecule has 0 radical (unpaired) electrons. The Morgan fingerprint density at radius 2 is 1.35 bits per heavy atom. The highest BCUT2D eigenvalue weighted by Crippen LogP contribution is 2.14. The van der Waals surface area contributed by atoms with Gasteiger partial charge in [-0.1, -0.05) is 38.3 Å². The highest BCUT2D eigenvalue weighted by atomic mass is 16.1. The lowest BCUT2D eigenvalue weighted by Gasteiger charge is -2.12. The van der Waals surface area contributed by atoms with Crippen molar-refractivity contribution in [2.24, 2.45) is 0 Å². The Kier molecular flexibility index (Phi) is 9.27. The maximum absolute atomic E-state index is 12.0. The van der Waals surface area contributed by atoms with Gasteiger partial charge in [-0.15, -0.1) is 0 Å². The molecule has 0 spiro atoms. The van der Waals surface area contributed by atoms with Crippen molar-refractivity contribution < 1.29 is 9.59 Å². The lowest BCUT2D eigenvalue weighted by molar-refractivity contribution is -0.119. The van der Waals surface area contributed by atoms with Gasteiger partial charge in [0.2, 0.25) is 0 Å². The summed E-state index contributed by atoms with van der Waals surface area (Å²) in [4.78, 5) is 25.2. The second kappa shape index (κ2) is 11.0. The van der Waals surface area contributed by atoms with Gasteiger partial charge in [-0.25, -0.2) is 0 Å². The van der Waals surface area contributed by atoms with Crippen LogP contribution >= 0.6 is 0 Å². The normalized spacial score (nSPS) is 10.6. The number of carbonyl (C=O) groups excluding carboxylic acids is 2. The van der Waals surface area contributed by atoms with Gasteiger partial charge in [-0.2, -0.15) is 0 Å². The van der Waals surface area contributed by atoms with Crippen LogP contribution in [0.4, 0.5) is 5.69 Å². The van der Waals surface area contributed by atoms with Crippen molar-refractivity contribution in [3.63, 3.8) is 0 Å². The summed E-state index contributed by atoms with van der Waals surface area (Å²) in [5.74, 6) is 0.684. The average molecular weight is 317 g/mol. The zero-order valence-corrected chi connectivity index (χ0v) is 14.9. The van der Waals surface area contributed by atoms with Gasteiger partial charge in [0, 0.05) is 45.5 Å². The first-order valence-corrected chi connectivity index (χ1v) is 8.82. The predicted molar refractivity (Wildman–Crippen MR) is 97.1 cm³/mol. The van der Waals surface area contributed by atoms with Crippen molar-refractivity contribution in [3.8, 4) is 0 Å². The quantitative estimate of drug-likeness (QED) is 0.530. The minimum atomic E-state index is 0.323. The van der Waals surface area contributed by atoms with E-state index in [4.69, 9.17) is 0 Å². The maximum Gasteiger partial charge on any atom is 0.137 e. The molecule has 0 aliphatic heterocycles. The molecule has 1 aromatic rings. The molecule has 0 aliphatic rings. The lowest BCUT2D eigenvalue weighted by Crippen LogP contribution is -2.08. The zero-order chi connectivity index (χ0) is 17.1. The van der Waals surface area contributed by atoms with Gasteiger partial charge in [0.15, 0.2) is 0 Å². The number of nitrogens with zero attached hydrogens (tertiary/aromatic N) is 1. The van der Waals surface area contributed by atoms with E-state index in [1.165, 1.54) is 0 Å². The van der Waals surface area contributed by atoms with E-state index < -0.39 is 0 Å². The molecule has 0 saturated carbocycles. The Balaban J connectivity index is 2.11. The molecule has 1 rings (SSSR count). The molecule has 0 amide bonds. The smallest absolute Gasteiger partial charge is 0.137 e. The topological polar surface area (TPSA) is 37.4 Å². The summed E-state index contributed by atoms with van der Waals surface area (Å²) >= 11 is 0. The van der Waals surface area contributed by atoms with Gasteiger partial charge in [0.1, 0.15) is 11.6 Å². The number of rotatable bonds is 12. The monoisotopic (exact) mass is 317 g/mol. The predicted octanol–water partition coefficient (Wildman–Crippen LogP) is 4.57. The van der Waals surface area contributed by atoms with Crippen LogP contribution in [0.1, 0.15) is 63.9 Å². The van der Waals surface area contributed by atoms with E-state index in [0.717, 1.165) is 49.8 Å². The maximum atomic E-state index is 12.0. The van der Waals surface area contributed by atoms with Crippen LogP contribution in [0.5, 0.6) is 0 Å². The number of carbonyl (C=O) groups is 2. The number of anilines is 1. The minimum Gasteiger partial charge on any atom is -0.378 e. The summed E-state index contributed by atoms with van der Waals surface area (Å²) in [6.45, 7) is 1.92. The van der Waals surface area contributed by atoms with Crippen LogP contribution < -0.4 is 4.90 Å². The van der Waals surface area contributed by atoms with Crippen LogP contribution in [0.2, 0.25) is 0 Å². The zero-order valence-electron chi connectivity index (χ0n) is 14.9. The second-order valence-corrected chi connectivity index (χ2v) is 6.44. The van der Waals surface area contributed by atoms with E-state index in [9.17, 15) is 9.59 Å². The molecule has 23 heavy (non-hydrogen) atoms. The molecule has 0 heterocycles.